The molecule has 4 nitrogen and oxygen atoms in total. The number of aromatic nitrogens is 1. The minimum Gasteiger partial charge on any atom is -0.392 e. The Morgan fingerprint density at radius 2 is 2.30 bits per heavy atom. The van der Waals surface area contributed by atoms with E-state index in [-0.39, 0.29) is 11.9 Å². The number of hydrogen-bond donors (Lipinski definition) is 1. The number of aliphatic hydroxyl groups excluding tert-OH is 1. The maximum absolute atomic E-state index is 13.4. The highest BCUT2D eigenvalue weighted by Gasteiger charge is 2.32. The van der Waals surface area contributed by atoms with Crippen LogP contribution in [-0.2, 0) is 6.54 Å². The lowest BCUT2D eigenvalue weighted by Crippen LogP contribution is -2.24. The molecule has 20 heavy (non-hydrogen) atoms. The highest BCUT2D eigenvalue weighted by Crippen LogP contribution is 2.33. The molecular formula is C15H17FN2O2. The predicted octanol–water partition coefficient (Wildman–Crippen LogP) is 2.43. The van der Waals surface area contributed by atoms with Gasteiger partial charge in [0.05, 0.1) is 11.8 Å². The van der Waals surface area contributed by atoms with Gasteiger partial charge in [-0.3, -0.25) is 4.90 Å². The van der Waals surface area contributed by atoms with Crippen LogP contribution in [0.2, 0.25) is 0 Å². The van der Waals surface area contributed by atoms with Crippen molar-refractivity contribution in [2.75, 3.05) is 6.54 Å². The van der Waals surface area contributed by atoms with Crippen LogP contribution in [0.1, 0.15) is 29.5 Å². The van der Waals surface area contributed by atoms with E-state index in [0.29, 0.717) is 19.5 Å². The maximum Gasteiger partial charge on any atom is 0.133 e. The van der Waals surface area contributed by atoms with E-state index in [0.717, 1.165) is 17.0 Å². The molecule has 1 aliphatic heterocycles. The summed E-state index contributed by atoms with van der Waals surface area (Å²) >= 11 is 0. The molecule has 106 valence electrons. The number of benzene rings is 1. The molecule has 0 bridgehead atoms. The Morgan fingerprint density at radius 1 is 1.45 bits per heavy atom. The summed E-state index contributed by atoms with van der Waals surface area (Å²) in [7, 11) is 0. The van der Waals surface area contributed by atoms with E-state index in [1.165, 1.54) is 12.1 Å². The Labute approximate surface area is 116 Å². The summed E-state index contributed by atoms with van der Waals surface area (Å²) < 4.78 is 18.4. The minimum absolute atomic E-state index is 0.0118. The van der Waals surface area contributed by atoms with Gasteiger partial charge in [0.15, 0.2) is 0 Å². The number of nitrogens with zero attached hydrogens (tertiary/aromatic N) is 2. The first-order valence-electron chi connectivity index (χ1n) is 6.71. The predicted molar refractivity (Wildman–Crippen MR) is 71.4 cm³/mol. The summed E-state index contributed by atoms with van der Waals surface area (Å²) in [6, 6.07) is 8.45. The summed E-state index contributed by atoms with van der Waals surface area (Å²) in [5.41, 5.74) is 1.72. The topological polar surface area (TPSA) is 49.5 Å². The lowest BCUT2D eigenvalue weighted by atomic mass is 10.0. The molecule has 1 aromatic heterocycles. The molecule has 0 aliphatic carbocycles. The molecular weight excluding hydrogens is 259 g/mol. The van der Waals surface area contributed by atoms with Gasteiger partial charge < -0.3 is 9.63 Å². The van der Waals surface area contributed by atoms with Crippen LogP contribution in [0.3, 0.4) is 0 Å². The first-order valence-corrected chi connectivity index (χ1v) is 6.71. The lowest BCUT2D eigenvalue weighted by molar-refractivity contribution is 0.171. The summed E-state index contributed by atoms with van der Waals surface area (Å²) in [5, 5.41) is 13.9. The lowest BCUT2D eigenvalue weighted by Gasteiger charge is -2.23. The van der Waals surface area contributed by atoms with E-state index < -0.39 is 6.10 Å². The molecule has 1 aromatic carbocycles. The van der Waals surface area contributed by atoms with Crippen LogP contribution < -0.4 is 0 Å². The van der Waals surface area contributed by atoms with Gasteiger partial charge >= 0.3 is 0 Å². The molecule has 0 spiro atoms. The van der Waals surface area contributed by atoms with Crippen molar-refractivity contribution in [2.24, 2.45) is 0 Å². The quantitative estimate of drug-likeness (QED) is 0.935. The van der Waals surface area contributed by atoms with E-state index >= 15 is 0 Å². The Bertz CT molecular complexity index is 599. The largest absolute Gasteiger partial charge is 0.392 e. The second-order valence-corrected chi connectivity index (χ2v) is 5.32. The molecule has 2 heterocycles. The summed E-state index contributed by atoms with van der Waals surface area (Å²) in [4.78, 5) is 2.11. The average molecular weight is 276 g/mol. The van der Waals surface area contributed by atoms with Gasteiger partial charge in [0, 0.05) is 25.2 Å². The minimum atomic E-state index is -0.392. The van der Waals surface area contributed by atoms with Gasteiger partial charge in [0.25, 0.3) is 0 Å². The molecule has 3 rings (SSSR count). The van der Waals surface area contributed by atoms with Gasteiger partial charge in [-0.2, -0.15) is 0 Å². The normalized spacial score (nSPS) is 23.4. The van der Waals surface area contributed by atoms with Crippen molar-refractivity contribution < 1.29 is 14.0 Å². The average Bonchev–Trinajstić information content (AvgIpc) is 2.96. The maximum atomic E-state index is 13.4. The highest BCUT2D eigenvalue weighted by atomic mass is 19.1. The summed E-state index contributed by atoms with van der Waals surface area (Å²) in [6.07, 6.45) is 0.219. The standard InChI is InChI=1S/C15H17FN2O2/c1-10-5-13(17-20-10)8-18-9-14(19)7-15(18)11-3-2-4-12(16)6-11/h2-6,14-15,19H,7-9H2,1H3/t14-,15-/m1/s1. The van der Waals surface area contributed by atoms with Crippen LogP contribution in [0.4, 0.5) is 4.39 Å². The fraction of sp³-hybridized carbons (Fsp3) is 0.400. The van der Waals surface area contributed by atoms with Crippen LogP contribution in [0.15, 0.2) is 34.9 Å². The molecule has 1 saturated heterocycles. The van der Waals surface area contributed by atoms with Crippen molar-refractivity contribution >= 4 is 0 Å². The molecule has 1 aliphatic rings. The van der Waals surface area contributed by atoms with E-state index in [1.807, 2.05) is 19.1 Å². The first-order chi connectivity index (χ1) is 9.61. The number of halogens is 1. The van der Waals surface area contributed by atoms with E-state index in [4.69, 9.17) is 4.52 Å². The van der Waals surface area contributed by atoms with Crippen molar-refractivity contribution in [3.05, 3.63) is 53.2 Å². The van der Waals surface area contributed by atoms with Gasteiger partial charge in [0.1, 0.15) is 11.6 Å². The van der Waals surface area contributed by atoms with Gasteiger partial charge in [-0.1, -0.05) is 17.3 Å². The summed E-state index contributed by atoms with van der Waals surface area (Å²) in [5.74, 6) is 0.517. The second-order valence-electron chi connectivity index (χ2n) is 5.32. The highest BCUT2D eigenvalue weighted by molar-refractivity contribution is 5.22. The molecule has 0 radical (unpaired) electrons. The fourth-order valence-electron chi connectivity index (χ4n) is 2.82. The fourth-order valence-corrected chi connectivity index (χ4v) is 2.82. The second kappa shape index (κ2) is 5.34. The van der Waals surface area contributed by atoms with E-state index in [9.17, 15) is 9.50 Å². The van der Waals surface area contributed by atoms with Crippen LogP contribution >= 0.6 is 0 Å². The van der Waals surface area contributed by atoms with Crippen molar-refractivity contribution in [3.63, 3.8) is 0 Å². The van der Waals surface area contributed by atoms with Crippen molar-refractivity contribution in [3.8, 4) is 0 Å². The van der Waals surface area contributed by atoms with Gasteiger partial charge in [0.2, 0.25) is 0 Å². The zero-order chi connectivity index (χ0) is 14.1. The smallest absolute Gasteiger partial charge is 0.133 e. The Kier molecular flexibility index (Phi) is 3.54. The first kappa shape index (κ1) is 13.3. The third kappa shape index (κ3) is 2.73. The SMILES string of the molecule is Cc1cc(CN2C[C@H](O)C[C@@H]2c2cccc(F)c2)no1. The monoisotopic (exact) mass is 276 g/mol. The van der Waals surface area contributed by atoms with E-state index in [1.54, 1.807) is 6.07 Å². The zero-order valence-corrected chi connectivity index (χ0v) is 11.3. The Morgan fingerprint density at radius 3 is 3.00 bits per heavy atom. The molecule has 1 N–H and O–H groups in total. The Hall–Kier alpha value is -1.72. The number of hydrogen-bond acceptors (Lipinski definition) is 4. The van der Waals surface area contributed by atoms with Gasteiger partial charge in [-0.15, -0.1) is 0 Å². The summed E-state index contributed by atoms with van der Waals surface area (Å²) in [6.45, 7) is 3.00. The van der Waals surface area contributed by atoms with E-state index in [2.05, 4.69) is 10.1 Å². The van der Waals surface area contributed by atoms with Crippen LogP contribution in [0, 0.1) is 12.7 Å². The van der Waals surface area contributed by atoms with Crippen LogP contribution in [-0.4, -0.2) is 27.8 Å². The van der Waals surface area contributed by atoms with Gasteiger partial charge in [-0.25, -0.2) is 4.39 Å². The molecule has 0 saturated carbocycles. The van der Waals surface area contributed by atoms with Crippen molar-refractivity contribution in [1.29, 1.82) is 0 Å². The molecule has 5 heteroatoms. The number of aliphatic hydroxyl groups is 1. The number of rotatable bonds is 3. The molecule has 0 unspecified atom stereocenters. The van der Waals surface area contributed by atoms with Crippen LogP contribution in [0.25, 0.3) is 0 Å². The third-order valence-electron chi connectivity index (χ3n) is 3.66. The zero-order valence-electron chi connectivity index (χ0n) is 11.3. The number of β-amino-alcohol motifs (C(OH)–C–C–N with tert-alkyl or cyclic N) is 1. The third-order valence-corrected chi connectivity index (χ3v) is 3.66. The van der Waals surface area contributed by atoms with Crippen LogP contribution in [0.5, 0.6) is 0 Å². The van der Waals surface area contributed by atoms with Gasteiger partial charge in [-0.05, 0) is 31.0 Å². The Balaban J connectivity index is 1.81. The molecule has 2 atom stereocenters. The molecule has 0 amide bonds. The number of likely N-dealkylation sites (tertiary alicyclic amines) is 1. The van der Waals surface area contributed by atoms with Crippen molar-refractivity contribution in [2.45, 2.75) is 32.0 Å². The number of aryl methyl sites for hydroxylation is 1. The van der Waals surface area contributed by atoms with Crippen molar-refractivity contribution in [1.82, 2.24) is 10.1 Å². The molecule has 2 aromatic rings. The molecule has 1 fully saturated rings.